The van der Waals surface area contributed by atoms with Gasteiger partial charge in [-0.05, 0) is 24.3 Å². The fourth-order valence-electron chi connectivity index (χ4n) is 2.03. The van der Waals surface area contributed by atoms with Gasteiger partial charge in [0.2, 0.25) is 5.95 Å². The Morgan fingerprint density at radius 2 is 1.71 bits per heavy atom. The van der Waals surface area contributed by atoms with Crippen LogP contribution < -0.4 is 15.4 Å². The maximum absolute atomic E-state index is 6.15. The third-order valence-electron chi connectivity index (χ3n) is 3.13. The van der Waals surface area contributed by atoms with Gasteiger partial charge in [-0.15, -0.1) is 5.10 Å². The number of rotatable bonds is 5. The average molecular weight is 362 g/mol. The Kier molecular flexibility index (Phi) is 4.98. The van der Waals surface area contributed by atoms with Crippen LogP contribution in [0.2, 0.25) is 10.0 Å². The minimum absolute atomic E-state index is 0.313. The molecular weight excluding hydrogens is 349 g/mol. The summed E-state index contributed by atoms with van der Waals surface area (Å²) in [5.41, 5.74) is 1.29. The Hall–Kier alpha value is -2.57. The Morgan fingerprint density at radius 3 is 2.46 bits per heavy atom. The van der Waals surface area contributed by atoms with E-state index >= 15 is 0 Å². The molecule has 0 bridgehead atoms. The molecule has 0 aliphatic carbocycles. The first kappa shape index (κ1) is 16.3. The zero-order valence-electron chi connectivity index (χ0n) is 12.6. The fraction of sp³-hybridized carbons (Fsp3) is 0.0625. The first-order valence-electron chi connectivity index (χ1n) is 6.98. The van der Waals surface area contributed by atoms with E-state index in [9.17, 15) is 0 Å². The number of methoxy groups -OCH3 is 1. The van der Waals surface area contributed by atoms with Crippen LogP contribution in [0.3, 0.4) is 0 Å². The molecule has 1 aromatic heterocycles. The lowest BCUT2D eigenvalue weighted by atomic mass is 10.3. The lowest BCUT2D eigenvalue weighted by Crippen LogP contribution is -2.03. The van der Waals surface area contributed by atoms with E-state index in [0.717, 1.165) is 5.69 Å². The van der Waals surface area contributed by atoms with E-state index in [-0.39, 0.29) is 0 Å². The second-order valence-corrected chi connectivity index (χ2v) is 5.53. The van der Waals surface area contributed by atoms with Crippen molar-refractivity contribution >= 4 is 46.3 Å². The molecule has 0 saturated carbocycles. The van der Waals surface area contributed by atoms with Gasteiger partial charge in [-0.3, -0.25) is 0 Å². The zero-order chi connectivity index (χ0) is 16.9. The maximum Gasteiger partial charge on any atom is 0.249 e. The van der Waals surface area contributed by atoms with Crippen LogP contribution in [0.15, 0.2) is 48.7 Å². The van der Waals surface area contributed by atoms with Crippen LogP contribution in [0.1, 0.15) is 0 Å². The van der Waals surface area contributed by atoms with Gasteiger partial charge in [0.1, 0.15) is 5.75 Å². The second-order valence-electron chi connectivity index (χ2n) is 4.71. The summed E-state index contributed by atoms with van der Waals surface area (Å²) in [5, 5.41) is 15.0. The van der Waals surface area contributed by atoms with E-state index in [4.69, 9.17) is 27.9 Å². The largest absolute Gasteiger partial charge is 0.495 e. The first-order chi connectivity index (χ1) is 11.7. The molecule has 1 heterocycles. The number of hydrogen-bond donors (Lipinski definition) is 2. The highest BCUT2D eigenvalue weighted by Gasteiger charge is 2.09. The van der Waals surface area contributed by atoms with Gasteiger partial charge < -0.3 is 15.4 Å². The standard InChI is InChI=1S/C16H13Cl2N5O/c1-24-13-8-3-2-7-12(13)20-16-22-14(9-19-23-16)21-15-10(17)5-4-6-11(15)18/h2-9H,1H3,(H2,20,21,22,23). The predicted molar refractivity (Wildman–Crippen MR) is 95.8 cm³/mol. The van der Waals surface area contributed by atoms with Crippen LogP contribution in [-0.2, 0) is 0 Å². The Balaban J connectivity index is 1.84. The molecule has 3 aromatic rings. The minimum atomic E-state index is 0.313. The third-order valence-corrected chi connectivity index (χ3v) is 3.76. The molecule has 24 heavy (non-hydrogen) atoms. The fourth-order valence-corrected chi connectivity index (χ4v) is 2.52. The van der Waals surface area contributed by atoms with Crippen molar-refractivity contribution in [3.05, 3.63) is 58.7 Å². The number of hydrogen-bond acceptors (Lipinski definition) is 6. The summed E-state index contributed by atoms with van der Waals surface area (Å²) in [6, 6.07) is 12.7. The van der Waals surface area contributed by atoms with E-state index in [1.165, 1.54) is 6.20 Å². The summed E-state index contributed by atoms with van der Waals surface area (Å²) in [5.74, 6) is 1.44. The molecule has 0 unspecified atom stereocenters. The molecule has 0 spiro atoms. The Labute approximate surface area is 148 Å². The summed E-state index contributed by atoms with van der Waals surface area (Å²) >= 11 is 12.3. The van der Waals surface area contributed by atoms with Crippen molar-refractivity contribution in [3.8, 4) is 5.75 Å². The molecule has 0 radical (unpaired) electrons. The van der Waals surface area contributed by atoms with E-state index in [1.807, 2.05) is 24.3 Å². The quantitative estimate of drug-likeness (QED) is 0.687. The van der Waals surface area contributed by atoms with Gasteiger partial charge in [0.25, 0.3) is 0 Å². The van der Waals surface area contributed by atoms with E-state index in [0.29, 0.717) is 33.2 Å². The molecule has 0 aliphatic rings. The highest BCUT2D eigenvalue weighted by atomic mass is 35.5. The van der Waals surface area contributed by atoms with Gasteiger partial charge in [0, 0.05) is 0 Å². The summed E-state index contributed by atoms with van der Waals surface area (Å²) < 4.78 is 5.29. The third kappa shape index (κ3) is 3.67. The average Bonchev–Trinajstić information content (AvgIpc) is 2.59. The van der Waals surface area contributed by atoms with Gasteiger partial charge >= 0.3 is 0 Å². The number of para-hydroxylation sites is 3. The number of anilines is 4. The summed E-state index contributed by atoms with van der Waals surface area (Å²) in [6.07, 6.45) is 1.48. The SMILES string of the molecule is COc1ccccc1Nc1nncc(Nc2c(Cl)cccc2Cl)n1. The van der Waals surface area contributed by atoms with Crippen LogP contribution in [0, 0.1) is 0 Å². The van der Waals surface area contributed by atoms with E-state index in [1.54, 1.807) is 25.3 Å². The molecule has 2 aromatic carbocycles. The number of nitrogens with one attached hydrogen (secondary N) is 2. The number of benzene rings is 2. The molecule has 0 fully saturated rings. The molecule has 6 nitrogen and oxygen atoms in total. The van der Waals surface area contributed by atoms with Crippen molar-refractivity contribution in [1.29, 1.82) is 0 Å². The summed E-state index contributed by atoms with van der Waals surface area (Å²) in [7, 11) is 1.59. The highest BCUT2D eigenvalue weighted by Crippen LogP contribution is 2.32. The van der Waals surface area contributed by atoms with Crippen molar-refractivity contribution in [2.75, 3.05) is 17.7 Å². The second kappa shape index (κ2) is 7.33. The number of ether oxygens (including phenoxy) is 1. The van der Waals surface area contributed by atoms with Crippen molar-refractivity contribution in [2.24, 2.45) is 0 Å². The van der Waals surface area contributed by atoms with Gasteiger partial charge in [-0.1, -0.05) is 41.4 Å². The Morgan fingerprint density at radius 1 is 0.958 bits per heavy atom. The van der Waals surface area contributed by atoms with Crippen LogP contribution in [0.25, 0.3) is 0 Å². The normalized spacial score (nSPS) is 10.3. The highest BCUT2D eigenvalue weighted by molar-refractivity contribution is 6.39. The molecule has 8 heteroatoms. The van der Waals surface area contributed by atoms with Crippen molar-refractivity contribution in [2.45, 2.75) is 0 Å². The molecule has 122 valence electrons. The number of halogens is 2. The van der Waals surface area contributed by atoms with Crippen molar-refractivity contribution in [3.63, 3.8) is 0 Å². The topological polar surface area (TPSA) is 72.0 Å². The predicted octanol–water partition coefficient (Wildman–Crippen LogP) is 4.67. The van der Waals surface area contributed by atoms with Crippen LogP contribution >= 0.6 is 23.2 Å². The number of nitrogens with zero attached hydrogens (tertiary/aromatic N) is 3. The Bertz CT molecular complexity index is 839. The minimum Gasteiger partial charge on any atom is -0.495 e. The molecule has 0 saturated heterocycles. The van der Waals surface area contributed by atoms with Crippen LogP contribution in [0.5, 0.6) is 5.75 Å². The van der Waals surface area contributed by atoms with Gasteiger partial charge in [-0.25, -0.2) is 0 Å². The molecule has 0 atom stereocenters. The zero-order valence-corrected chi connectivity index (χ0v) is 14.1. The van der Waals surface area contributed by atoms with Crippen molar-refractivity contribution in [1.82, 2.24) is 15.2 Å². The molecule has 0 aliphatic heterocycles. The summed E-state index contributed by atoms with van der Waals surface area (Å²) in [4.78, 5) is 4.35. The lowest BCUT2D eigenvalue weighted by Gasteiger charge is -2.11. The molecule has 2 N–H and O–H groups in total. The van der Waals surface area contributed by atoms with Gasteiger partial charge in [0.05, 0.1) is 34.7 Å². The van der Waals surface area contributed by atoms with Crippen LogP contribution in [-0.4, -0.2) is 22.3 Å². The van der Waals surface area contributed by atoms with Crippen LogP contribution in [0.4, 0.5) is 23.1 Å². The lowest BCUT2D eigenvalue weighted by molar-refractivity contribution is 0.417. The van der Waals surface area contributed by atoms with Gasteiger partial charge in [-0.2, -0.15) is 10.1 Å². The first-order valence-corrected chi connectivity index (χ1v) is 7.74. The molecule has 0 amide bonds. The number of aromatic nitrogens is 3. The molecular formula is C16H13Cl2N5O. The molecule has 3 rings (SSSR count). The maximum atomic E-state index is 6.15. The van der Waals surface area contributed by atoms with E-state index in [2.05, 4.69) is 25.8 Å². The monoisotopic (exact) mass is 361 g/mol. The van der Waals surface area contributed by atoms with Gasteiger partial charge in [0.15, 0.2) is 5.82 Å². The smallest absolute Gasteiger partial charge is 0.249 e. The van der Waals surface area contributed by atoms with Crippen molar-refractivity contribution < 1.29 is 4.74 Å². The summed E-state index contributed by atoms with van der Waals surface area (Å²) in [6.45, 7) is 0. The van der Waals surface area contributed by atoms with E-state index < -0.39 is 0 Å².